The van der Waals surface area contributed by atoms with Crippen LogP contribution in [-0.4, -0.2) is 38.9 Å². The van der Waals surface area contributed by atoms with Crippen molar-refractivity contribution < 1.29 is 13.2 Å². The van der Waals surface area contributed by atoms with Gasteiger partial charge in [0.1, 0.15) is 0 Å². The molecule has 26 heavy (non-hydrogen) atoms. The number of hydrazone groups is 1. The highest BCUT2D eigenvalue weighted by molar-refractivity contribution is 7.89. The number of carbonyl (C=O) groups excluding carboxylic acids is 1. The number of benzene rings is 2. The molecular formula is C19H21N3O3S. The number of nitrogens with zero attached hydrogens (tertiary/aromatic N) is 2. The summed E-state index contributed by atoms with van der Waals surface area (Å²) in [6, 6.07) is 15.6. The van der Waals surface area contributed by atoms with Crippen LogP contribution in [-0.2, 0) is 10.0 Å². The lowest BCUT2D eigenvalue weighted by atomic mass is 10.1. The maximum Gasteiger partial charge on any atom is 0.271 e. The maximum absolute atomic E-state index is 12.2. The molecule has 0 bridgehead atoms. The van der Waals surface area contributed by atoms with Crippen molar-refractivity contribution in [3.63, 3.8) is 0 Å². The van der Waals surface area contributed by atoms with Crippen LogP contribution in [0, 0.1) is 0 Å². The summed E-state index contributed by atoms with van der Waals surface area (Å²) in [7, 11) is -0.718. The van der Waals surface area contributed by atoms with E-state index in [9.17, 15) is 13.2 Å². The van der Waals surface area contributed by atoms with E-state index < -0.39 is 15.9 Å². The topological polar surface area (TPSA) is 78.8 Å². The van der Waals surface area contributed by atoms with Gasteiger partial charge in [0, 0.05) is 19.7 Å². The molecule has 2 rings (SSSR count). The van der Waals surface area contributed by atoms with Crippen molar-refractivity contribution in [3.8, 4) is 0 Å². The Labute approximate surface area is 153 Å². The van der Waals surface area contributed by atoms with E-state index in [0.29, 0.717) is 0 Å². The van der Waals surface area contributed by atoms with E-state index in [4.69, 9.17) is 0 Å². The highest BCUT2D eigenvalue weighted by Crippen LogP contribution is 2.14. The maximum atomic E-state index is 12.2. The SMILES string of the molecule is CC(/C=N\NC(=O)c1cccc(S(=O)(=O)N(C)C)c1)=C\c1ccccc1. The fraction of sp³-hybridized carbons (Fsp3) is 0.158. The van der Waals surface area contributed by atoms with Crippen LogP contribution in [0.5, 0.6) is 0 Å². The molecular weight excluding hydrogens is 350 g/mol. The first-order valence-corrected chi connectivity index (χ1v) is 9.34. The van der Waals surface area contributed by atoms with Crippen molar-refractivity contribution in [1.82, 2.24) is 9.73 Å². The van der Waals surface area contributed by atoms with Gasteiger partial charge in [-0.15, -0.1) is 0 Å². The number of rotatable bonds is 6. The van der Waals surface area contributed by atoms with Crippen LogP contribution in [0.2, 0.25) is 0 Å². The van der Waals surface area contributed by atoms with Gasteiger partial charge in [-0.3, -0.25) is 4.79 Å². The lowest BCUT2D eigenvalue weighted by Crippen LogP contribution is -2.23. The molecule has 0 saturated heterocycles. The second-order valence-corrected chi connectivity index (χ2v) is 7.97. The third-order valence-corrected chi connectivity index (χ3v) is 5.31. The predicted octanol–water partition coefficient (Wildman–Crippen LogP) is 2.76. The molecule has 1 amide bonds. The Morgan fingerprint density at radius 3 is 2.42 bits per heavy atom. The predicted molar refractivity (Wildman–Crippen MR) is 103 cm³/mol. The van der Waals surface area contributed by atoms with Gasteiger partial charge in [-0.2, -0.15) is 5.10 Å². The van der Waals surface area contributed by atoms with Crippen LogP contribution < -0.4 is 5.43 Å². The van der Waals surface area contributed by atoms with Gasteiger partial charge in [0.2, 0.25) is 10.0 Å². The summed E-state index contributed by atoms with van der Waals surface area (Å²) in [5.74, 6) is -0.482. The summed E-state index contributed by atoms with van der Waals surface area (Å²) in [4.78, 5) is 12.2. The Hall–Kier alpha value is -2.77. The second-order valence-electron chi connectivity index (χ2n) is 5.81. The lowest BCUT2D eigenvalue weighted by molar-refractivity contribution is 0.0955. The molecule has 0 unspecified atom stereocenters. The molecule has 0 aliphatic rings. The van der Waals surface area contributed by atoms with E-state index in [1.165, 1.54) is 44.6 Å². The van der Waals surface area contributed by atoms with E-state index >= 15 is 0 Å². The number of hydrogen-bond acceptors (Lipinski definition) is 4. The van der Waals surface area contributed by atoms with Crippen molar-refractivity contribution in [2.45, 2.75) is 11.8 Å². The van der Waals surface area contributed by atoms with Gasteiger partial charge in [0.05, 0.1) is 11.1 Å². The Balaban J connectivity index is 2.08. The molecule has 1 N–H and O–H groups in total. The van der Waals surface area contributed by atoms with Crippen molar-refractivity contribution in [3.05, 3.63) is 71.3 Å². The summed E-state index contributed by atoms with van der Waals surface area (Å²) in [5.41, 5.74) is 4.52. The molecule has 6 nitrogen and oxygen atoms in total. The molecule has 7 heteroatoms. The van der Waals surface area contributed by atoms with Gasteiger partial charge >= 0.3 is 0 Å². The highest BCUT2D eigenvalue weighted by atomic mass is 32.2. The average Bonchev–Trinajstić information content (AvgIpc) is 2.62. The Morgan fingerprint density at radius 1 is 1.08 bits per heavy atom. The van der Waals surface area contributed by atoms with Crippen molar-refractivity contribution in [2.75, 3.05) is 14.1 Å². The number of sulfonamides is 1. The monoisotopic (exact) mass is 371 g/mol. The average molecular weight is 371 g/mol. The van der Waals surface area contributed by atoms with E-state index in [-0.39, 0.29) is 10.5 Å². The van der Waals surface area contributed by atoms with Crippen LogP contribution in [0.1, 0.15) is 22.8 Å². The normalized spacial score (nSPS) is 12.5. The van der Waals surface area contributed by atoms with Gasteiger partial charge in [-0.05, 0) is 36.3 Å². The Kier molecular flexibility index (Phi) is 6.43. The third kappa shape index (κ3) is 5.11. The summed E-state index contributed by atoms with van der Waals surface area (Å²) < 4.78 is 25.4. The van der Waals surface area contributed by atoms with E-state index in [2.05, 4.69) is 10.5 Å². The number of hydrogen-bond donors (Lipinski definition) is 1. The summed E-state index contributed by atoms with van der Waals surface area (Å²) in [5, 5.41) is 3.92. The molecule has 0 atom stereocenters. The lowest BCUT2D eigenvalue weighted by Gasteiger charge is -2.11. The third-order valence-electron chi connectivity index (χ3n) is 3.50. The molecule has 0 heterocycles. The standard InChI is InChI=1S/C19H21N3O3S/c1-15(12-16-8-5-4-6-9-16)14-20-21-19(23)17-10-7-11-18(13-17)26(24,25)22(2)3/h4-14H,1-3H3,(H,21,23)/b15-12+,20-14-. The van der Waals surface area contributed by atoms with Crippen molar-refractivity contribution in [2.24, 2.45) is 5.10 Å². The quantitative estimate of drug-likeness (QED) is 0.626. The number of amides is 1. The largest absolute Gasteiger partial charge is 0.271 e. The van der Waals surface area contributed by atoms with Crippen LogP contribution in [0.4, 0.5) is 0 Å². The van der Waals surface area contributed by atoms with Gasteiger partial charge in [0.25, 0.3) is 5.91 Å². The van der Waals surface area contributed by atoms with Crippen LogP contribution in [0.3, 0.4) is 0 Å². The molecule has 0 aliphatic carbocycles. The Morgan fingerprint density at radius 2 is 1.77 bits per heavy atom. The highest BCUT2D eigenvalue weighted by Gasteiger charge is 2.18. The molecule has 0 fully saturated rings. The van der Waals surface area contributed by atoms with Crippen LogP contribution >= 0.6 is 0 Å². The number of carbonyl (C=O) groups is 1. The summed E-state index contributed by atoms with van der Waals surface area (Å²) in [6.45, 7) is 1.87. The molecule has 0 aromatic heterocycles. The van der Waals surface area contributed by atoms with E-state index in [0.717, 1.165) is 15.4 Å². The zero-order valence-electron chi connectivity index (χ0n) is 14.9. The molecule has 2 aromatic carbocycles. The Bertz CT molecular complexity index is 934. The molecule has 0 aliphatic heterocycles. The molecule has 0 saturated carbocycles. The van der Waals surface area contributed by atoms with Gasteiger partial charge in [-0.25, -0.2) is 18.1 Å². The summed E-state index contributed by atoms with van der Waals surface area (Å²) in [6.07, 6.45) is 3.46. The number of allylic oxidation sites excluding steroid dienone is 1. The number of nitrogens with one attached hydrogen (secondary N) is 1. The minimum atomic E-state index is -3.60. The summed E-state index contributed by atoms with van der Waals surface area (Å²) >= 11 is 0. The first kappa shape index (κ1) is 19.6. The molecule has 2 aromatic rings. The minimum absolute atomic E-state index is 0.0549. The fourth-order valence-corrected chi connectivity index (χ4v) is 3.06. The van der Waals surface area contributed by atoms with Gasteiger partial charge < -0.3 is 0 Å². The van der Waals surface area contributed by atoms with Crippen molar-refractivity contribution >= 4 is 28.2 Å². The first-order valence-electron chi connectivity index (χ1n) is 7.90. The van der Waals surface area contributed by atoms with Crippen molar-refractivity contribution in [1.29, 1.82) is 0 Å². The fourth-order valence-electron chi connectivity index (χ4n) is 2.12. The van der Waals surface area contributed by atoms with Crippen LogP contribution in [0.25, 0.3) is 6.08 Å². The van der Waals surface area contributed by atoms with E-state index in [1.54, 1.807) is 0 Å². The minimum Gasteiger partial charge on any atom is -0.267 e. The van der Waals surface area contributed by atoms with Gasteiger partial charge in [-0.1, -0.05) is 42.5 Å². The van der Waals surface area contributed by atoms with Gasteiger partial charge in [0.15, 0.2) is 0 Å². The smallest absolute Gasteiger partial charge is 0.267 e. The molecule has 0 radical (unpaired) electrons. The molecule has 136 valence electrons. The van der Waals surface area contributed by atoms with Crippen LogP contribution in [0.15, 0.2) is 70.2 Å². The first-order chi connectivity index (χ1) is 12.3. The zero-order valence-corrected chi connectivity index (χ0v) is 15.7. The van der Waals surface area contributed by atoms with E-state index in [1.807, 2.05) is 43.3 Å². The molecule has 0 spiro atoms. The zero-order chi connectivity index (χ0) is 19.2. The second kappa shape index (κ2) is 8.55.